The van der Waals surface area contributed by atoms with Crippen molar-refractivity contribution in [3.05, 3.63) is 64.7 Å². The zero-order valence-electron chi connectivity index (χ0n) is 16.4. The Hall–Kier alpha value is -3.38. The van der Waals surface area contributed by atoms with Crippen LogP contribution in [-0.4, -0.2) is 44.5 Å². The van der Waals surface area contributed by atoms with Crippen molar-refractivity contribution in [1.82, 2.24) is 5.32 Å². The fourth-order valence-electron chi connectivity index (χ4n) is 3.34. The van der Waals surface area contributed by atoms with Crippen LogP contribution in [0.1, 0.15) is 38.3 Å². The monoisotopic (exact) mass is 393 g/mol. The first-order valence-corrected chi connectivity index (χ1v) is 9.24. The van der Waals surface area contributed by atoms with Gasteiger partial charge in [-0.15, -0.1) is 0 Å². The standard InChI is InChI=1S/C23H23NO5/c1-28-18-5-3-4-15(12-18)6-7-19(26)22-20(29-2)13-17(14-25)21(23(22)27)16-8-10-24-11-9-16/h3-8,12-14,24,27H,9-11H2,1-2H3/b7-6+. The minimum atomic E-state index is -0.421. The van der Waals surface area contributed by atoms with Crippen molar-refractivity contribution in [2.45, 2.75) is 6.42 Å². The normalized spacial score (nSPS) is 13.8. The summed E-state index contributed by atoms with van der Waals surface area (Å²) in [5.41, 5.74) is 2.33. The van der Waals surface area contributed by atoms with Crippen LogP contribution in [0.4, 0.5) is 0 Å². The van der Waals surface area contributed by atoms with Crippen LogP contribution < -0.4 is 14.8 Å². The number of ketones is 1. The van der Waals surface area contributed by atoms with Gasteiger partial charge in [0.1, 0.15) is 22.8 Å². The van der Waals surface area contributed by atoms with Crippen LogP contribution >= 0.6 is 0 Å². The second kappa shape index (κ2) is 9.21. The van der Waals surface area contributed by atoms with Crippen LogP contribution in [0.3, 0.4) is 0 Å². The number of hydrogen-bond acceptors (Lipinski definition) is 6. The van der Waals surface area contributed by atoms with Crippen LogP contribution in [0, 0.1) is 0 Å². The van der Waals surface area contributed by atoms with E-state index in [1.165, 1.54) is 19.3 Å². The highest BCUT2D eigenvalue weighted by Crippen LogP contribution is 2.39. The molecule has 0 amide bonds. The van der Waals surface area contributed by atoms with E-state index in [-0.39, 0.29) is 17.1 Å². The molecule has 0 spiro atoms. The number of rotatable bonds is 7. The molecule has 2 N–H and O–H groups in total. The summed E-state index contributed by atoms with van der Waals surface area (Å²) in [4.78, 5) is 24.6. The first-order chi connectivity index (χ1) is 14.1. The fourth-order valence-corrected chi connectivity index (χ4v) is 3.34. The van der Waals surface area contributed by atoms with Gasteiger partial charge in [-0.3, -0.25) is 9.59 Å². The lowest BCUT2D eigenvalue weighted by atomic mass is 9.91. The Morgan fingerprint density at radius 2 is 2.03 bits per heavy atom. The summed E-state index contributed by atoms with van der Waals surface area (Å²) in [5, 5.41) is 14.1. The minimum absolute atomic E-state index is 0.0340. The Labute approximate surface area is 169 Å². The van der Waals surface area contributed by atoms with Gasteiger partial charge in [-0.05, 0) is 48.4 Å². The van der Waals surface area contributed by atoms with Gasteiger partial charge in [0.05, 0.1) is 14.2 Å². The molecule has 3 rings (SSSR count). The molecule has 1 aliphatic rings. The molecule has 0 atom stereocenters. The molecule has 0 radical (unpaired) electrons. The Morgan fingerprint density at radius 1 is 1.21 bits per heavy atom. The first-order valence-electron chi connectivity index (χ1n) is 9.24. The number of aromatic hydroxyl groups is 1. The Balaban J connectivity index is 2.05. The van der Waals surface area contributed by atoms with E-state index in [0.29, 0.717) is 36.1 Å². The maximum Gasteiger partial charge on any atom is 0.193 e. The summed E-state index contributed by atoms with van der Waals surface area (Å²) < 4.78 is 10.5. The maximum absolute atomic E-state index is 12.9. The molecule has 0 saturated carbocycles. The smallest absolute Gasteiger partial charge is 0.193 e. The summed E-state index contributed by atoms with van der Waals surface area (Å²) in [7, 11) is 2.97. The first kappa shape index (κ1) is 20.4. The molecule has 6 heteroatoms. The van der Waals surface area contributed by atoms with Crippen molar-refractivity contribution >= 4 is 23.7 Å². The maximum atomic E-state index is 12.9. The van der Waals surface area contributed by atoms with Gasteiger partial charge in [-0.25, -0.2) is 0 Å². The van der Waals surface area contributed by atoms with Crippen molar-refractivity contribution in [2.24, 2.45) is 0 Å². The molecule has 2 aromatic rings. The molecule has 0 unspecified atom stereocenters. The molecule has 1 heterocycles. The molecular weight excluding hydrogens is 370 g/mol. The Bertz CT molecular complexity index is 991. The van der Waals surface area contributed by atoms with E-state index in [4.69, 9.17) is 9.47 Å². The quantitative estimate of drug-likeness (QED) is 0.426. The molecule has 1 aliphatic heterocycles. The average molecular weight is 393 g/mol. The number of nitrogens with one attached hydrogen (secondary N) is 1. The van der Waals surface area contributed by atoms with E-state index in [1.54, 1.807) is 19.3 Å². The highest BCUT2D eigenvalue weighted by Gasteiger charge is 2.24. The third-order valence-corrected chi connectivity index (χ3v) is 4.79. The summed E-state index contributed by atoms with van der Waals surface area (Å²) >= 11 is 0. The lowest BCUT2D eigenvalue weighted by Crippen LogP contribution is -2.20. The van der Waals surface area contributed by atoms with Gasteiger partial charge in [0.15, 0.2) is 12.1 Å². The number of hydrogen-bond donors (Lipinski definition) is 2. The van der Waals surface area contributed by atoms with E-state index in [9.17, 15) is 14.7 Å². The highest BCUT2D eigenvalue weighted by molar-refractivity contribution is 6.12. The summed E-state index contributed by atoms with van der Waals surface area (Å²) in [6.07, 6.45) is 6.24. The zero-order valence-corrected chi connectivity index (χ0v) is 16.4. The molecule has 0 aliphatic carbocycles. The molecule has 0 aromatic heterocycles. The van der Waals surface area contributed by atoms with E-state index in [1.807, 2.05) is 24.3 Å². The number of benzene rings is 2. The van der Waals surface area contributed by atoms with Gasteiger partial charge < -0.3 is 19.9 Å². The van der Waals surface area contributed by atoms with Gasteiger partial charge in [0.2, 0.25) is 0 Å². The van der Waals surface area contributed by atoms with E-state index in [0.717, 1.165) is 17.7 Å². The summed E-state index contributed by atoms with van der Waals surface area (Å²) in [5.74, 6) is 0.175. The fraction of sp³-hybridized carbons (Fsp3) is 0.217. The van der Waals surface area contributed by atoms with Crippen LogP contribution in [0.25, 0.3) is 11.6 Å². The van der Waals surface area contributed by atoms with Crippen LogP contribution in [0.2, 0.25) is 0 Å². The molecule has 150 valence electrons. The lowest BCUT2D eigenvalue weighted by Gasteiger charge is -2.19. The predicted octanol–water partition coefficient (Wildman–Crippen LogP) is 3.49. The Kier molecular flexibility index (Phi) is 6.46. The van der Waals surface area contributed by atoms with Gasteiger partial charge in [-0.2, -0.15) is 0 Å². The van der Waals surface area contributed by atoms with Gasteiger partial charge in [0.25, 0.3) is 0 Å². The topological polar surface area (TPSA) is 84.9 Å². The largest absolute Gasteiger partial charge is 0.506 e. The second-order valence-electron chi connectivity index (χ2n) is 6.54. The molecule has 0 saturated heterocycles. The van der Waals surface area contributed by atoms with Gasteiger partial charge >= 0.3 is 0 Å². The number of methoxy groups -OCH3 is 2. The molecule has 6 nitrogen and oxygen atoms in total. The number of carbonyl (C=O) groups excluding carboxylic acids is 2. The van der Waals surface area contributed by atoms with E-state index >= 15 is 0 Å². The number of phenolic OH excluding ortho intramolecular Hbond substituents is 1. The molecular formula is C23H23NO5. The molecule has 0 fully saturated rings. The zero-order chi connectivity index (χ0) is 20.8. The van der Waals surface area contributed by atoms with Crippen molar-refractivity contribution in [3.63, 3.8) is 0 Å². The number of phenols is 1. The van der Waals surface area contributed by atoms with Crippen molar-refractivity contribution in [3.8, 4) is 17.2 Å². The SMILES string of the molecule is COc1cccc(/C=C/C(=O)c2c(OC)cc(C=O)c(C3=CCNCC3)c2O)c1. The number of ether oxygens (including phenoxy) is 2. The molecule has 0 bridgehead atoms. The van der Waals surface area contributed by atoms with Crippen molar-refractivity contribution in [1.29, 1.82) is 0 Å². The number of aldehydes is 1. The van der Waals surface area contributed by atoms with E-state index in [2.05, 4.69) is 5.32 Å². The van der Waals surface area contributed by atoms with Gasteiger partial charge in [0, 0.05) is 17.7 Å². The Morgan fingerprint density at radius 3 is 2.69 bits per heavy atom. The van der Waals surface area contributed by atoms with Crippen LogP contribution in [-0.2, 0) is 0 Å². The second-order valence-corrected chi connectivity index (χ2v) is 6.54. The van der Waals surface area contributed by atoms with Crippen LogP contribution in [0.5, 0.6) is 17.2 Å². The lowest BCUT2D eigenvalue weighted by molar-refractivity contribution is 0.104. The van der Waals surface area contributed by atoms with Crippen molar-refractivity contribution in [2.75, 3.05) is 27.3 Å². The molecule has 29 heavy (non-hydrogen) atoms. The van der Waals surface area contributed by atoms with Crippen molar-refractivity contribution < 1.29 is 24.2 Å². The number of carbonyl (C=O) groups is 2. The average Bonchev–Trinajstić information content (AvgIpc) is 2.77. The predicted molar refractivity (Wildman–Crippen MR) is 112 cm³/mol. The number of allylic oxidation sites excluding steroid dienone is 1. The molecule has 2 aromatic carbocycles. The van der Waals surface area contributed by atoms with Gasteiger partial charge in [-0.1, -0.05) is 24.3 Å². The summed E-state index contributed by atoms with van der Waals surface area (Å²) in [6.45, 7) is 1.37. The highest BCUT2D eigenvalue weighted by atomic mass is 16.5. The third-order valence-electron chi connectivity index (χ3n) is 4.79. The minimum Gasteiger partial charge on any atom is -0.506 e. The van der Waals surface area contributed by atoms with E-state index < -0.39 is 5.78 Å². The summed E-state index contributed by atoms with van der Waals surface area (Å²) in [6, 6.07) is 8.76. The van der Waals surface area contributed by atoms with Crippen LogP contribution in [0.15, 0.2) is 42.5 Å². The third kappa shape index (κ3) is 4.38.